The summed E-state index contributed by atoms with van der Waals surface area (Å²) in [5, 5.41) is 1.15. The number of ether oxygens (including phenoxy) is 1. The van der Waals surface area contributed by atoms with Crippen molar-refractivity contribution in [3.63, 3.8) is 0 Å². The van der Waals surface area contributed by atoms with E-state index in [1.54, 1.807) is 23.9 Å². The smallest absolute Gasteiger partial charge is 0.242 e. The first kappa shape index (κ1) is 22.0. The minimum absolute atomic E-state index is 0.0591. The summed E-state index contributed by atoms with van der Waals surface area (Å²) in [6.45, 7) is 0.234. The Labute approximate surface area is 177 Å². The van der Waals surface area contributed by atoms with E-state index in [0.29, 0.717) is 27.3 Å². The van der Waals surface area contributed by atoms with Gasteiger partial charge in [-0.25, -0.2) is 13.1 Å². The molecule has 1 N–H and O–H groups in total. The normalized spacial score (nSPS) is 11.6. The van der Waals surface area contributed by atoms with E-state index in [9.17, 15) is 8.42 Å². The van der Waals surface area contributed by atoms with Gasteiger partial charge in [-0.15, -0.1) is 0 Å². The summed E-state index contributed by atoms with van der Waals surface area (Å²) in [5.41, 5.74) is 0.939. The average Bonchev–Trinajstić information content (AvgIpc) is 2.58. The van der Waals surface area contributed by atoms with Gasteiger partial charge in [-0.05, 0) is 29.8 Å². The lowest BCUT2D eigenvalue weighted by molar-refractivity contribution is 0.414. The van der Waals surface area contributed by atoms with E-state index in [2.05, 4.69) is 4.72 Å². The summed E-state index contributed by atoms with van der Waals surface area (Å²) in [6.07, 6.45) is 0. The van der Waals surface area contributed by atoms with E-state index in [-0.39, 0.29) is 21.5 Å². The zero-order valence-electron chi connectivity index (χ0n) is 13.6. The van der Waals surface area contributed by atoms with Crippen LogP contribution >= 0.6 is 58.2 Å². The van der Waals surface area contributed by atoms with Crippen LogP contribution in [0, 0.1) is 0 Å². The van der Waals surface area contributed by atoms with E-state index >= 15 is 0 Å². The Morgan fingerprint density at radius 1 is 1.08 bits per heavy atom. The molecule has 0 bridgehead atoms. The third kappa shape index (κ3) is 5.58. The van der Waals surface area contributed by atoms with Crippen LogP contribution in [-0.2, 0) is 15.8 Å². The molecule has 0 amide bonds. The third-order valence-corrected chi connectivity index (χ3v) is 7.41. The van der Waals surface area contributed by atoms with Crippen LogP contribution in [0.1, 0.15) is 5.56 Å². The molecule has 0 unspecified atom stereocenters. The minimum Gasteiger partial charge on any atom is -0.495 e. The van der Waals surface area contributed by atoms with Crippen LogP contribution in [0.2, 0.25) is 20.1 Å². The Kier molecular flexibility index (Phi) is 8.22. The summed E-state index contributed by atoms with van der Waals surface area (Å²) in [4.78, 5) is -0.0873. The molecule has 0 spiro atoms. The van der Waals surface area contributed by atoms with Crippen LogP contribution in [0.4, 0.5) is 0 Å². The van der Waals surface area contributed by atoms with Crippen molar-refractivity contribution in [3.05, 3.63) is 56.0 Å². The fourth-order valence-electron chi connectivity index (χ4n) is 2.03. The first-order chi connectivity index (χ1) is 12.3. The second-order valence-corrected chi connectivity index (χ2v) is 9.52. The van der Waals surface area contributed by atoms with Crippen molar-refractivity contribution in [2.24, 2.45) is 0 Å². The highest BCUT2D eigenvalue weighted by atomic mass is 35.5. The molecule has 2 aromatic rings. The molecule has 0 saturated heterocycles. The van der Waals surface area contributed by atoms with Crippen molar-refractivity contribution in [3.8, 4) is 5.75 Å². The molecule has 0 radical (unpaired) electrons. The third-order valence-electron chi connectivity index (χ3n) is 3.33. The first-order valence-electron chi connectivity index (χ1n) is 7.29. The van der Waals surface area contributed by atoms with E-state index in [0.717, 1.165) is 5.56 Å². The Bertz CT molecular complexity index is 891. The maximum absolute atomic E-state index is 12.4. The lowest BCUT2D eigenvalue weighted by atomic mass is 10.2. The zero-order chi connectivity index (χ0) is 19.3. The van der Waals surface area contributed by atoms with Gasteiger partial charge in [0.15, 0.2) is 0 Å². The highest BCUT2D eigenvalue weighted by Gasteiger charge is 2.21. The quantitative estimate of drug-likeness (QED) is 0.511. The second-order valence-electron chi connectivity index (χ2n) is 5.08. The van der Waals surface area contributed by atoms with Gasteiger partial charge in [0.2, 0.25) is 10.0 Å². The largest absolute Gasteiger partial charge is 0.495 e. The highest BCUT2D eigenvalue weighted by molar-refractivity contribution is 7.98. The van der Waals surface area contributed by atoms with Gasteiger partial charge >= 0.3 is 0 Å². The van der Waals surface area contributed by atoms with Gasteiger partial charge < -0.3 is 4.74 Å². The monoisotopic (exact) mass is 473 g/mol. The summed E-state index contributed by atoms with van der Waals surface area (Å²) in [7, 11) is -2.35. The fraction of sp³-hybridized carbons (Fsp3) is 0.250. The summed E-state index contributed by atoms with van der Waals surface area (Å²) >= 11 is 25.6. The Morgan fingerprint density at radius 2 is 1.81 bits per heavy atom. The highest BCUT2D eigenvalue weighted by Crippen LogP contribution is 2.36. The lowest BCUT2D eigenvalue weighted by Gasteiger charge is -2.11. The van der Waals surface area contributed by atoms with Gasteiger partial charge in [0, 0.05) is 28.1 Å². The number of rotatable bonds is 8. The molecule has 0 atom stereocenters. The van der Waals surface area contributed by atoms with Gasteiger partial charge in [-0.3, -0.25) is 0 Å². The van der Waals surface area contributed by atoms with Crippen LogP contribution in [0.25, 0.3) is 0 Å². The summed E-state index contributed by atoms with van der Waals surface area (Å²) in [6, 6.07) is 8.11. The number of nitrogens with one attached hydrogen (secondary N) is 1. The van der Waals surface area contributed by atoms with Gasteiger partial charge in [0.1, 0.15) is 15.7 Å². The molecule has 26 heavy (non-hydrogen) atoms. The SMILES string of the molecule is COc1ccc(S(=O)(=O)NCCSCc2ccc(Cl)cc2Cl)c(Cl)c1Cl. The number of hydrogen-bond acceptors (Lipinski definition) is 4. The van der Waals surface area contributed by atoms with E-state index in [1.807, 2.05) is 6.07 Å². The Morgan fingerprint density at radius 3 is 2.46 bits per heavy atom. The molecular formula is C16H15Cl4NO3S2. The predicted molar refractivity (Wildman–Crippen MR) is 111 cm³/mol. The summed E-state index contributed by atoms with van der Waals surface area (Å²) < 4.78 is 32.3. The number of sulfonamides is 1. The van der Waals surface area contributed by atoms with Crippen LogP contribution in [0.15, 0.2) is 35.2 Å². The summed E-state index contributed by atoms with van der Waals surface area (Å²) in [5.74, 6) is 1.51. The maximum atomic E-state index is 12.4. The minimum atomic E-state index is -3.78. The molecule has 2 aromatic carbocycles. The van der Waals surface area contributed by atoms with Crippen LogP contribution in [-0.4, -0.2) is 27.8 Å². The molecule has 142 valence electrons. The molecule has 0 aliphatic heterocycles. The predicted octanol–water partition coefficient (Wildman–Crippen LogP) is 5.52. The number of methoxy groups -OCH3 is 1. The topological polar surface area (TPSA) is 55.4 Å². The van der Waals surface area contributed by atoms with Crippen LogP contribution < -0.4 is 9.46 Å². The number of hydrogen-bond donors (Lipinski definition) is 1. The Hall–Kier alpha value is -0.340. The molecule has 0 aromatic heterocycles. The van der Waals surface area contributed by atoms with Gasteiger partial charge in [0.05, 0.1) is 12.1 Å². The van der Waals surface area contributed by atoms with Crippen molar-refractivity contribution in [2.75, 3.05) is 19.4 Å². The molecule has 0 saturated carbocycles. The standard InChI is InChI=1S/C16H15Cl4NO3S2/c1-24-13-4-5-14(16(20)15(13)19)26(22,23)21-6-7-25-9-10-2-3-11(17)8-12(10)18/h2-5,8,21H,6-7,9H2,1H3. The zero-order valence-corrected chi connectivity index (χ0v) is 18.2. The number of thioether (sulfide) groups is 1. The maximum Gasteiger partial charge on any atom is 0.242 e. The molecule has 4 nitrogen and oxygen atoms in total. The number of benzene rings is 2. The van der Waals surface area contributed by atoms with Crippen LogP contribution in [0.5, 0.6) is 5.75 Å². The molecule has 10 heteroatoms. The fourth-order valence-corrected chi connectivity index (χ4v) is 5.44. The first-order valence-corrected chi connectivity index (χ1v) is 11.4. The average molecular weight is 475 g/mol. The van der Waals surface area contributed by atoms with E-state index in [4.69, 9.17) is 51.1 Å². The van der Waals surface area contributed by atoms with Gasteiger partial charge in [-0.2, -0.15) is 11.8 Å². The Balaban J connectivity index is 1.91. The number of halogens is 4. The second kappa shape index (κ2) is 9.73. The van der Waals surface area contributed by atoms with Crippen molar-refractivity contribution < 1.29 is 13.2 Å². The lowest BCUT2D eigenvalue weighted by Crippen LogP contribution is -2.26. The molecule has 0 fully saturated rings. The molecule has 0 heterocycles. The molecule has 0 aliphatic rings. The molecule has 2 rings (SSSR count). The van der Waals surface area contributed by atoms with Gasteiger partial charge in [-0.1, -0.05) is 52.5 Å². The van der Waals surface area contributed by atoms with E-state index in [1.165, 1.54) is 19.2 Å². The van der Waals surface area contributed by atoms with E-state index < -0.39 is 10.0 Å². The van der Waals surface area contributed by atoms with Crippen molar-refractivity contribution in [1.29, 1.82) is 0 Å². The molecular weight excluding hydrogens is 460 g/mol. The van der Waals surface area contributed by atoms with Crippen molar-refractivity contribution >= 4 is 68.2 Å². The van der Waals surface area contributed by atoms with Crippen molar-refractivity contribution in [2.45, 2.75) is 10.6 Å². The van der Waals surface area contributed by atoms with Crippen molar-refractivity contribution in [1.82, 2.24) is 4.72 Å². The van der Waals surface area contributed by atoms with Crippen LogP contribution in [0.3, 0.4) is 0 Å². The van der Waals surface area contributed by atoms with Gasteiger partial charge in [0.25, 0.3) is 0 Å². The molecule has 0 aliphatic carbocycles.